The van der Waals surface area contributed by atoms with E-state index < -0.39 is 0 Å². The number of rotatable bonds is 4. The summed E-state index contributed by atoms with van der Waals surface area (Å²) in [5, 5.41) is 3.01. The molecule has 4 rings (SSSR count). The van der Waals surface area contributed by atoms with Gasteiger partial charge in [0.2, 0.25) is 5.91 Å². The van der Waals surface area contributed by atoms with Crippen LogP contribution in [0.1, 0.15) is 48.9 Å². The molecule has 0 radical (unpaired) electrons. The Morgan fingerprint density at radius 2 is 1.96 bits per heavy atom. The van der Waals surface area contributed by atoms with Crippen molar-refractivity contribution in [3.05, 3.63) is 35.9 Å². The Morgan fingerprint density at radius 3 is 2.68 bits per heavy atom. The van der Waals surface area contributed by atoms with Crippen molar-refractivity contribution in [2.24, 2.45) is 5.92 Å². The molecule has 5 heteroatoms. The van der Waals surface area contributed by atoms with E-state index >= 15 is 0 Å². The number of nitrogens with one attached hydrogen (secondary N) is 1. The Morgan fingerprint density at radius 1 is 1.12 bits per heavy atom. The predicted molar refractivity (Wildman–Crippen MR) is 94.1 cm³/mol. The molecule has 134 valence electrons. The molecular weight excluding hydrogens is 316 g/mol. The topological polar surface area (TPSA) is 58.6 Å². The largest absolute Gasteiger partial charge is 0.374 e. The molecule has 4 atom stereocenters. The van der Waals surface area contributed by atoms with Gasteiger partial charge in [0.05, 0.1) is 18.1 Å². The minimum Gasteiger partial charge on any atom is -0.374 e. The lowest BCUT2D eigenvalue weighted by atomic mass is 9.87. The van der Waals surface area contributed by atoms with Gasteiger partial charge in [0.25, 0.3) is 5.91 Å². The standard InChI is InChI=1S/C20H26N2O3/c23-19(14-6-2-1-3-7-14)21-13-15-8-4-5-11-22(15)20(24)17-12-16-9-10-18(17)25-16/h1-3,6-7,15-18H,4-5,8-13H2,(H,21,23)/t15-,16+,17-,18+/m0/s1. The third-order valence-corrected chi connectivity index (χ3v) is 5.87. The molecule has 1 aromatic rings. The molecule has 3 aliphatic heterocycles. The van der Waals surface area contributed by atoms with Crippen LogP contribution >= 0.6 is 0 Å². The van der Waals surface area contributed by atoms with Crippen molar-refractivity contribution in [1.29, 1.82) is 0 Å². The van der Waals surface area contributed by atoms with Gasteiger partial charge in [0.1, 0.15) is 0 Å². The SMILES string of the molecule is O=C(NC[C@@H]1CCCCN1C(=O)[C@H]1C[C@H]2CC[C@H]1O2)c1ccccc1. The normalized spacial score (nSPS) is 31.1. The summed E-state index contributed by atoms with van der Waals surface area (Å²) in [7, 11) is 0. The van der Waals surface area contributed by atoms with Crippen molar-refractivity contribution >= 4 is 11.8 Å². The Bertz CT molecular complexity index is 633. The van der Waals surface area contributed by atoms with E-state index in [4.69, 9.17) is 4.74 Å². The van der Waals surface area contributed by atoms with Crippen molar-refractivity contribution in [2.45, 2.75) is 56.8 Å². The molecule has 0 aromatic heterocycles. The number of benzene rings is 1. The van der Waals surface area contributed by atoms with Crippen LogP contribution in [0, 0.1) is 5.92 Å². The van der Waals surface area contributed by atoms with Gasteiger partial charge < -0.3 is 15.0 Å². The number of nitrogens with zero attached hydrogens (tertiary/aromatic N) is 1. The summed E-state index contributed by atoms with van der Waals surface area (Å²) < 4.78 is 5.87. The second kappa shape index (κ2) is 7.16. The van der Waals surface area contributed by atoms with Gasteiger partial charge in [-0.05, 0) is 50.7 Å². The fourth-order valence-electron chi connectivity index (χ4n) is 4.52. The number of carbonyl (C=O) groups is 2. The number of likely N-dealkylation sites (tertiary alicyclic amines) is 1. The number of fused-ring (bicyclic) bond motifs is 2. The van der Waals surface area contributed by atoms with Gasteiger partial charge in [0.15, 0.2) is 0 Å². The first-order chi connectivity index (χ1) is 12.2. The van der Waals surface area contributed by atoms with Crippen molar-refractivity contribution in [2.75, 3.05) is 13.1 Å². The summed E-state index contributed by atoms with van der Waals surface area (Å²) in [5.74, 6) is 0.205. The van der Waals surface area contributed by atoms with E-state index in [1.807, 2.05) is 35.2 Å². The second-order valence-corrected chi connectivity index (χ2v) is 7.47. The first-order valence-electron chi connectivity index (χ1n) is 9.51. The minimum atomic E-state index is -0.0678. The van der Waals surface area contributed by atoms with Crippen LogP contribution < -0.4 is 5.32 Å². The van der Waals surface area contributed by atoms with Crippen LogP contribution in [0.3, 0.4) is 0 Å². The number of hydrogen-bond donors (Lipinski definition) is 1. The predicted octanol–water partition coefficient (Wildman–Crippen LogP) is 2.37. The van der Waals surface area contributed by atoms with Crippen molar-refractivity contribution in [1.82, 2.24) is 10.2 Å². The van der Waals surface area contributed by atoms with E-state index in [0.717, 1.165) is 45.1 Å². The lowest BCUT2D eigenvalue weighted by Crippen LogP contribution is -2.52. The van der Waals surface area contributed by atoms with Crippen LogP contribution in [0.4, 0.5) is 0 Å². The zero-order valence-electron chi connectivity index (χ0n) is 14.5. The molecule has 0 spiro atoms. The number of carbonyl (C=O) groups excluding carboxylic acids is 2. The highest BCUT2D eigenvalue weighted by molar-refractivity contribution is 5.94. The number of piperidine rings is 1. The monoisotopic (exact) mass is 342 g/mol. The summed E-state index contributed by atoms with van der Waals surface area (Å²) in [6.45, 7) is 1.33. The number of amides is 2. The fourth-order valence-corrected chi connectivity index (χ4v) is 4.52. The Balaban J connectivity index is 1.37. The maximum atomic E-state index is 13.0. The highest BCUT2D eigenvalue weighted by atomic mass is 16.5. The zero-order valence-corrected chi connectivity index (χ0v) is 14.5. The summed E-state index contributed by atoms with van der Waals surface area (Å²) in [6, 6.07) is 9.35. The van der Waals surface area contributed by atoms with E-state index in [1.54, 1.807) is 0 Å². The van der Waals surface area contributed by atoms with Crippen LogP contribution in [-0.4, -0.2) is 48.1 Å². The van der Waals surface area contributed by atoms with Gasteiger partial charge in [-0.2, -0.15) is 0 Å². The summed E-state index contributed by atoms with van der Waals surface area (Å²) in [4.78, 5) is 27.4. The van der Waals surface area contributed by atoms with Crippen molar-refractivity contribution < 1.29 is 14.3 Å². The van der Waals surface area contributed by atoms with E-state index in [9.17, 15) is 9.59 Å². The molecule has 0 saturated carbocycles. The molecule has 0 unspecified atom stereocenters. The first kappa shape index (κ1) is 16.6. The Kier molecular flexibility index (Phi) is 4.75. The summed E-state index contributed by atoms with van der Waals surface area (Å²) in [5.41, 5.74) is 0.665. The van der Waals surface area contributed by atoms with Gasteiger partial charge in [-0.1, -0.05) is 18.2 Å². The van der Waals surface area contributed by atoms with Crippen molar-refractivity contribution in [3.63, 3.8) is 0 Å². The molecule has 3 heterocycles. The van der Waals surface area contributed by atoms with E-state index in [2.05, 4.69) is 5.32 Å². The molecule has 1 N–H and O–H groups in total. The minimum absolute atomic E-state index is 0.0316. The van der Waals surface area contributed by atoms with Gasteiger partial charge in [-0.3, -0.25) is 9.59 Å². The average molecular weight is 342 g/mol. The smallest absolute Gasteiger partial charge is 0.251 e. The zero-order chi connectivity index (χ0) is 17.2. The van der Waals surface area contributed by atoms with Crippen LogP contribution in [0.15, 0.2) is 30.3 Å². The number of hydrogen-bond acceptors (Lipinski definition) is 3. The maximum absolute atomic E-state index is 13.0. The lowest BCUT2D eigenvalue weighted by Gasteiger charge is -2.38. The molecule has 5 nitrogen and oxygen atoms in total. The van der Waals surface area contributed by atoms with Gasteiger partial charge in [-0.25, -0.2) is 0 Å². The Hall–Kier alpha value is -1.88. The fraction of sp³-hybridized carbons (Fsp3) is 0.600. The third-order valence-electron chi connectivity index (χ3n) is 5.87. The number of ether oxygens (including phenoxy) is 1. The van der Waals surface area contributed by atoms with Crippen molar-refractivity contribution in [3.8, 4) is 0 Å². The maximum Gasteiger partial charge on any atom is 0.251 e. The molecule has 3 saturated heterocycles. The van der Waals surface area contributed by atoms with Crippen LogP contribution in [0.5, 0.6) is 0 Å². The van der Waals surface area contributed by atoms with Gasteiger partial charge >= 0.3 is 0 Å². The van der Waals surface area contributed by atoms with E-state index in [1.165, 1.54) is 0 Å². The quantitative estimate of drug-likeness (QED) is 0.914. The molecule has 25 heavy (non-hydrogen) atoms. The average Bonchev–Trinajstić information content (AvgIpc) is 3.30. The van der Waals surface area contributed by atoms with Gasteiger partial charge in [0, 0.05) is 24.7 Å². The highest BCUT2D eigenvalue weighted by Crippen LogP contribution is 2.40. The Labute approximate surface area is 148 Å². The molecule has 3 fully saturated rings. The summed E-state index contributed by atoms with van der Waals surface area (Å²) >= 11 is 0. The summed E-state index contributed by atoms with van der Waals surface area (Å²) in [6.07, 6.45) is 6.54. The van der Waals surface area contributed by atoms with E-state index in [-0.39, 0.29) is 29.9 Å². The van der Waals surface area contributed by atoms with Crippen LogP contribution in [-0.2, 0) is 9.53 Å². The van der Waals surface area contributed by atoms with E-state index in [0.29, 0.717) is 18.2 Å². The molecule has 2 amide bonds. The molecule has 0 aliphatic carbocycles. The third kappa shape index (κ3) is 3.43. The van der Waals surface area contributed by atoms with Crippen LogP contribution in [0.25, 0.3) is 0 Å². The lowest BCUT2D eigenvalue weighted by molar-refractivity contribution is -0.140. The molecule has 3 aliphatic rings. The molecular formula is C20H26N2O3. The molecule has 1 aromatic carbocycles. The first-order valence-corrected chi connectivity index (χ1v) is 9.51. The second-order valence-electron chi connectivity index (χ2n) is 7.47. The molecule has 2 bridgehead atoms. The highest BCUT2D eigenvalue weighted by Gasteiger charge is 2.46. The van der Waals surface area contributed by atoms with Gasteiger partial charge in [-0.15, -0.1) is 0 Å². The van der Waals surface area contributed by atoms with Crippen LogP contribution in [0.2, 0.25) is 0 Å².